The van der Waals surface area contributed by atoms with Crippen molar-refractivity contribution in [1.29, 1.82) is 10.5 Å². The molecule has 0 atom stereocenters. The zero-order chi connectivity index (χ0) is 20.6. The summed E-state index contributed by atoms with van der Waals surface area (Å²) >= 11 is 12.0. The molecule has 2 heterocycles. The monoisotopic (exact) mass is 426 g/mol. The zero-order valence-electron chi connectivity index (χ0n) is 13.8. The Kier molecular flexibility index (Phi) is 4.94. The maximum atomic E-state index is 12.9. The number of H-pyrrole nitrogens is 1. The average Bonchev–Trinajstić information content (AvgIpc) is 3.23. The smallest absolute Gasteiger partial charge is 0.416 e. The van der Waals surface area contributed by atoms with Crippen LogP contribution in [0.25, 0.3) is 17.2 Å². The number of aromatic amines is 1. The van der Waals surface area contributed by atoms with Gasteiger partial charge < -0.3 is 9.72 Å². The van der Waals surface area contributed by atoms with Crippen LogP contribution < -0.4 is 4.74 Å². The summed E-state index contributed by atoms with van der Waals surface area (Å²) in [5, 5.41) is 21.7. The van der Waals surface area contributed by atoms with Gasteiger partial charge in [-0.2, -0.15) is 28.8 Å². The zero-order valence-corrected chi connectivity index (χ0v) is 15.3. The lowest BCUT2D eigenvalue weighted by atomic mass is 10.2. The number of nitrogens with one attached hydrogen (secondary N) is 1. The largest absolute Gasteiger partial charge is 0.493 e. The highest BCUT2D eigenvalue weighted by atomic mass is 35.5. The van der Waals surface area contributed by atoms with E-state index in [0.29, 0.717) is 0 Å². The second-order valence-corrected chi connectivity index (χ2v) is 6.12. The Bertz CT molecular complexity index is 1100. The number of imidazole rings is 1. The average molecular weight is 427 g/mol. The first-order chi connectivity index (χ1) is 13.2. The molecule has 0 fully saturated rings. The summed E-state index contributed by atoms with van der Waals surface area (Å²) < 4.78 is 45.1. The molecule has 142 valence electrons. The van der Waals surface area contributed by atoms with E-state index in [9.17, 15) is 13.2 Å². The van der Waals surface area contributed by atoms with Crippen molar-refractivity contribution in [1.82, 2.24) is 19.7 Å². The number of nitrogens with zero attached hydrogens (tertiary/aromatic N) is 5. The fourth-order valence-electron chi connectivity index (χ4n) is 2.38. The first-order valence-corrected chi connectivity index (χ1v) is 8.06. The minimum Gasteiger partial charge on any atom is -0.493 e. The van der Waals surface area contributed by atoms with E-state index in [1.165, 1.54) is 13.3 Å². The number of hydrogen-bond donors (Lipinski definition) is 1. The maximum Gasteiger partial charge on any atom is 0.416 e. The van der Waals surface area contributed by atoms with E-state index in [4.69, 9.17) is 38.5 Å². The normalized spacial score (nSPS) is 11.1. The topological polar surface area (TPSA) is 103 Å². The molecule has 28 heavy (non-hydrogen) atoms. The number of benzene rings is 1. The molecule has 0 saturated carbocycles. The first kappa shape index (κ1) is 19.5. The van der Waals surface area contributed by atoms with Crippen LogP contribution in [0.4, 0.5) is 13.2 Å². The Morgan fingerprint density at radius 3 is 2.29 bits per heavy atom. The molecule has 3 rings (SSSR count). The summed E-state index contributed by atoms with van der Waals surface area (Å²) in [5.74, 6) is 0.220. The minimum absolute atomic E-state index is 0.00606. The summed E-state index contributed by atoms with van der Waals surface area (Å²) in [4.78, 5) is 6.60. The summed E-state index contributed by atoms with van der Waals surface area (Å²) in [7, 11) is 1.33. The van der Waals surface area contributed by atoms with E-state index >= 15 is 0 Å². The van der Waals surface area contributed by atoms with Crippen molar-refractivity contribution < 1.29 is 17.9 Å². The lowest BCUT2D eigenvalue weighted by molar-refractivity contribution is -0.137. The predicted molar refractivity (Wildman–Crippen MR) is 92.1 cm³/mol. The van der Waals surface area contributed by atoms with E-state index in [1.54, 1.807) is 12.1 Å². The molecule has 0 radical (unpaired) electrons. The first-order valence-electron chi connectivity index (χ1n) is 7.30. The number of alkyl halides is 3. The number of hydrogen-bond acceptors (Lipinski definition) is 5. The molecule has 0 aliphatic rings. The highest BCUT2D eigenvalue weighted by molar-refractivity contribution is 6.37. The van der Waals surface area contributed by atoms with Crippen molar-refractivity contribution in [3.05, 3.63) is 45.3 Å². The molecule has 0 unspecified atom stereocenters. The second kappa shape index (κ2) is 7.08. The highest BCUT2D eigenvalue weighted by Crippen LogP contribution is 2.38. The molecular weight excluding hydrogens is 420 g/mol. The van der Waals surface area contributed by atoms with Gasteiger partial charge in [-0.05, 0) is 12.1 Å². The van der Waals surface area contributed by atoms with E-state index in [1.807, 2.05) is 0 Å². The molecule has 1 N–H and O–H groups in total. The number of rotatable bonds is 3. The van der Waals surface area contributed by atoms with Crippen molar-refractivity contribution in [3.8, 4) is 35.1 Å². The van der Waals surface area contributed by atoms with Gasteiger partial charge in [-0.15, -0.1) is 0 Å². The molecule has 3 aromatic rings. The van der Waals surface area contributed by atoms with E-state index in [0.717, 1.165) is 16.8 Å². The Hall–Kier alpha value is -3.21. The molecule has 0 aliphatic carbocycles. The van der Waals surface area contributed by atoms with Crippen LogP contribution in [0.3, 0.4) is 0 Å². The summed E-state index contributed by atoms with van der Waals surface area (Å²) in [6, 6.07) is 5.00. The summed E-state index contributed by atoms with van der Waals surface area (Å²) in [6.07, 6.45) is -3.29. The van der Waals surface area contributed by atoms with Gasteiger partial charge >= 0.3 is 6.18 Å². The van der Waals surface area contributed by atoms with Gasteiger partial charge in [0.2, 0.25) is 0 Å². The van der Waals surface area contributed by atoms with Gasteiger partial charge in [0.1, 0.15) is 17.8 Å². The van der Waals surface area contributed by atoms with Gasteiger partial charge in [0.25, 0.3) is 0 Å². The van der Waals surface area contributed by atoms with Crippen LogP contribution in [0.2, 0.25) is 10.0 Å². The minimum atomic E-state index is -4.62. The molecule has 1 aromatic carbocycles. The van der Waals surface area contributed by atoms with Crippen LogP contribution in [0, 0.1) is 22.7 Å². The van der Waals surface area contributed by atoms with Crippen molar-refractivity contribution in [2.24, 2.45) is 0 Å². The summed E-state index contributed by atoms with van der Waals surface area (Å²) in [5.41, 5.74) is -1.12. The number of nitriles is 2. The van der Waals surface area contributed by atoms with E-state index in [2.05, 4.69) is 15.1 Å². The quantitative estimate of drug-likeness (QED) is 0.670. The number of methoxy groups -OCH3 is 1. The highest BCUT2D eigenvalue weighted by Gasteiger charge is 2.32. The Morgan fingerprint density at radius 1 is 1.18 bits per heavy atom. The SMILES string of the molecule is COc1cn(-c2c(Cl)cc(C(F)(F)F)cc2Cl)nc1-c1nc(C#N)c(C#N)[nH]1. The molecule has 0 saturated heterocycles. The van der Waals surface area contributed by atoms with Crippen LogP contribution >= 0.6 is 23.2 Å². The summed E-state index contributed by atoms with van der Waals surface area (Å²) in [6.45, 7) is 0. The second-order valence-electron chi connectivity index (χ2n) is 5.31. The number of aromatic nitrogens is 4. The molecule has 7 nitrogen and oxygen atoms in total. The van der Waals surface area contributed by atoms with E-state index in [-0.39, 0.29) is 44.4 Å². The third-order valence-corrected chi connectivity index (χ3v) is 4.20. The van der Waals surface area contributed by atoms with Crippen molar-refractivity contribution in [2.45, 2.75) is 6.18 Å². The number of halogens is 5. The van der Waals surface area contributed by atoms with Crippen molar-refractivity contribution in [2.75, 3.05) is 7.11 Å². The third kappa shape index (κ3) is 3.36. The van der Waals surface area contributed by atoms with Gasteiger partial charge in [-0.1, -0.05) is 23.2 Å². The van der Waals surface area contributed by atoms with Gasteiger partial charge in [0, 0.05) is 0 Å². The predicted octanol–water partition coefficient (Wildman–Crippen LogP) is 4.34. The van der Waals surface area contributed by atoms with Gasteiger partial charge in [0.05, 0.1) is 28.9 Å². The van der Waals surface area contributed by atoms with Gasteiger partial charge in [-0.25, -0.2) is 9.67 Å². The molecule has 0 aliphatic heterocycles. The van der Waals surface area contributed by atoms with Crippen LogP contribution in [0.15, 0.2) is 18.3 Å². The van der Waals surface area contributed by atoms with Crippen LogP contribution in [0.1, 0.15) is 17.0 Å². The Balaban J connectivity index is 2.16. The van der Waals surface area contributed by atoms with E-state index < -0.39 is 11.7 Å². The molecule has 0 amide bonds. The molecule has 0 spiro atoms. The standard InChI is InChI=1S/C16H7Cl2F3N6O/c1-28-12-6-27(14-8(17)2-7(3-9(14)18)16(19,20)21)26-13(12)15-24-10(4-22)11(5-23)25-15/h2-3,6H,1H3,(H,24,25). The fraction of sp³-hybridized carbons (Fsp3) is 0.125. The van der Waals surface area contributed by atoms with Crippen LogP contribution in [0.5, 0.6) is 5.75 Å². The van der Waals surface area contributed by atoms with Crippen LogP contribution in [-0.4, -0.2) is 26.9 Å². The number of ether oxygens (including phenoxy) is 1. The third-order valence-electron chi connectivity index (χ3n) is 3.62. The lowest BCUT2D eigenvalue weighted by Gasteiger charge is -2.12. The fourth-order valence-corrected chi connectivity index (χ4v) is 3.04. The van der Waals surface area contributed by atoms with Crippen LogP contribution in [-0.2, 0) is 6.18 Å². The molecule has 2 aromatic heterocycles. The molecule has 0 bridgehead atoms. The molecule has 12 heteroatoms. The van der Waals surface area contributed by atoms with Crippen molar-refractivity contribution in [3.63, 3.8) is 0 Å². The van der Waals surface area contributed by atoms with Gasteiger partial charge in [-0.3, -0.25) is 0 Å². The lowest BCUT2D eigenvalue weighted by Crippen LogP contribution is -2.07. The van der Waals surface area contributed by atoms with Gasteiger partial charge in [0.15, 0.2) is 28.7 Å². The van der Waals surface area contributed by atoms with Crippen molar-refractivity contribution >= 4 is 23.2 Å². The maximum absolute atomic E-state index is 12.9. The Morgan fingerprint density at radius 2 is 1.82 bits per heavy atom. The molecular formula is C16H7Cl2F3N6O. The Labute approximate surface area is 165 Å².